The summed E-state index contributed by atoms with van der Waals surface area (Å²) in [5, 5.41) is 7.22. The Morgan fingerprint density at radius 2 is 1.16 bits per heavy atom. The van der Waals surface area contributed by atoms with Gasteiger partial charge in [0.05, 0.1) is 5.69 Å². The van der Waals surface area contributed by atoms with Gasteiger partial charge in [-0.25, -0.2) is 0 Å². The van der Waals surface area contributed by atoms with E-state index in [9.17, 15) is 0 Å². The standard InChI is InChI=1S/C34H27N3/c1-3-11-25(12-4-1)27-19-29(33-15-7-9-17-35-33)23-31(21-27)37-32-22-28(26-13-5-2-6-14-26)20-30(24-32)34-16-8-10-18-36-34/h1-17,19-24,36-37H,18H2. The average molecular weight is 478 g/mol. The number of rotatable bonds is 6. The maximum absolute atomic E-state index is 4.61. The number of dihydropyridines is 1. The summed E-state index contributed by atoms with van der Waals surface area (Å²) in [5.41, 5.74) is 11.0. The molecule has 0 saturated heterocycles. The zero-order valence-electron chi connectivity index (χ0n) is 20.4. The van der Waals surface area contributed by atoms with Gasteiger partial charge in [0.2, 0.25) is 0 Å². The van der Waals surface area contributed by atoms with Crippen LogP contribution in [0.3, 0.4) is 0 Å². The topological polar surface area (TPSA) is 37.0 Å². The summed E-state index contributed by atoms with van der Waals surface area (Å²) in [6.45, 7) is 0.830. The maximum Gasteiger partial charge on any atom is 0.0702 e. The molecular formula is C34H27N3. The lowest BCUT2D eigenvalue weighted by molar-refractivity contribution is 0.996. The first-order chi connectivity index (χ1) is 18.3. The molecule has 2 heterocycles. The fourth-order valence-corrected chi connectivity index (χ4v) is 4.66. The largest absolute Gasteiger partial charge is 0.381 e. The number of nitrogens with one attached hydrogen (secondary N) is 2. The van der Waals surface area contributed by atoms with Gasteiger partial charge in [-0.2, -0.15) is 0 Å². The van der Waals surface area contributed by atoms with Crippen molar-refractivity contribution in [3.05, 3.63) is 145 Å². The van der Waals surface area contributed by atoms with Crippen LogP contribution >= 0.6 is 0 Å². The lowest BCUT2D eigenvalue weighted by atomic mass is 9.98. The molecule has 3 heteroatoms. The molecule has 2 N–H and O–H groups in total. The number of hydrogen-bond donors (Lipinski definition) is 2. The van der Waals surface area contributed by atoms with Crippen molar-refractivity contribution in [3.8, 4) is 33.5 Å². The Kier molecular flexibility index (Phi) is 6.33. The van der Waals surface area contributed by atoms with Crippen LogP contribution in [0.4, 0.5) is 11.4 Å². The van der Waals surface area contributed by atoms with E-state index in [4.69, 9.17) is 0 Å². The summed E-state index contributed by atoms with van der Waals surface area (Å²) in [7, 11) is 0. The fourth-order valence-electron chi connectivity index (χ4n) is 4.66. The molecule has 1 aliphatic heterocycles. The Hall–Kier alpha value is -4.89. The zero-order chi connectivity index (χ0) is 24.9. The number of hydrogen-bond acceptors (Lipinski definition) is 3. The van der Waals surface area contributed by atoms with Crippen LogP contribution in [0.25, 0.3) is 39.2 Å². The van der Waals surface area contributed by atoms with Crippen LogP contribution in [0.2, 0.25) is 0 Å². The molecule has 0 saturated carbocycles. The molecule has 3 nitrogen and oxygen atoms in total. The van der Waals surface area contributed by atoms with E-state index in [0.717, 1.165) is 46.0 Å². The van der Waals surface area contributed by atoms with Crippen molar-refractivity contribution in [2.75, 3.05) is 11.9 Å². The summed E-state index contributed by atoms with van der Waals surface area (Å²) in [4.78, 5) is 4.61. The smallest absolute Gasteiger partial charge is 0.0702 e. The molecule has 5 aromatic rings. The number of benzene rings is 4. The van der Waals surface area contributed by atoms with Crippen LogP contribution in [0, 0.1) is 0 Å². The summed E-state index contributed by atoms with van der Waals surface area (Å²) in [6.07, 6.45) is 8.20. The van der Waals surface area contributed by atoms with Crippen molar-refractivity contribution in [2.24, 2.45) is 0 Å². The van der Waals surface area contributed by atoms with Crippen LogP contribution in [0.15, 0.2) is 140 Å². The van der Waals surface area contributed by atoms with E-state index >= 15 is 0 Å². The molecule has 0 radical (unpaired) electrons. The van der Waals surface area contributed by atoms with E-state index in [-0.39, 0.29) is 0 Å². The Balaban J connectivity index is 1.45. The molecular weight excluding hydrogens is 450 g/mol. The van der Waals surface area contributed by atoms with Crippen molar-refractivity contribution < 1.29 is 0 Å². The van der Waals surface area contributed by atoms with Gasteiger partial charge in [0.15, 0.2) is 0 Å². The molecule has 6 rings (SSSR count). The molecule has 4 aromatic carbocycles. The van der Waals surface area contributed by atoms with Gasteiger partial charge in [-0.1, -0.05) is 78.9 Å². The predicted octanol–water partition coefficient (Wildman–Crippen LogP) is 8.33. The highest BCUT2D eigenvalue weighted by Crippen LogP contribution is 2.33. The minimum absolute atomic E-state index is 0.830. The molecule has 0 bridgehead atoms. The highest BCUT2D eigenvalue weighted by molar-refractivity contribution is 5.82. The van der Waals surface area contributed by atoms with Gasteiger partial charge in [-0.3, -0.25) is 4.98 Å². The van der Waals surface area contributed by atoms with E-state index in [2.05, 4.69) is 131 Å². The van der Waals surface area contributed by atoms with E-state index in [1.165, 1.54) is 16.7 Å². The number of aromatic nitrogens is 1. The van der Waals surface area contributed by atoms with Gasteiger partial charge in [0, 0.05) is 40.9 Å². The molecule has 0 atom stereocenters. The van der Waals surface area contributed by atoms with Crippen LogP contribution in [-0.2, 0) is 0 Å². The van der Waals surface area contributed by atoms with Gasteiger partial charge in [0.25, 0.3) is 0 Å². The second-order valence-corrected chi connectivity index (χ2v) is 9.06. The van der Waals surface area contributed by atoms with Crippen molar-refractivity contribution in [3.63, 3.8) is 0 Å². The number of nitrogens with zero attached hydrogens (tertiary/aromatic N) is 1. The van der Waals surface area contributed by atoms with Crippen LogP contribution in [0.5, 0.6) is 0 Å². The third kappa shape index (κ3) is 5.21. The van der Waals surface area contributed by atoms with Crippen molar-refractivity contribution in [1.82, 2.24) is 10.3 Å². The highest BCUT2D eigenvalue weighted by atomic mass is 14.9. The predicted molar refractivity (Wildman–Crippen MR) is 155 cm³/mol. The average Bonchev–Trinajstić information content (AvgIpc) is 2.99. The third-order valence-corrected chi connectivity index (χ3v) is 6.45. The number of allylic oxidation sites excluding steroid dienone is 2. The third-order valence-electron chi connectivity index (χ3n) is 6.45. The minimum atomic E-state index is 0.830. The second-order valence-electron chi connectivity index (χ2n) is 9.06. The Bertz CT molecular complexity index is 1510. The zero-order valence-corrected chi connectivity index (χ0v) is 20.4. The first-order valence-electron chi connectivity index (χ1n) is 12.5. The minimum Gasteiger partial charge on any atom is -0.381 e. The van der Waals surface area contributed by atoms with Crippen LogP contribution in [0.1, 0.15) is 5.56 Å². The van der Waals surface area contributed by atoms with Crippen molar-refractivity contribution in [2.45, 2.75) is 0 Å². The molecule has 1 aromatic heterocycles. The molecule has 0 unspecified atom stereocenters. The SMILES string of the molecule is C1=CCNC(c2cc(Nc3cc(-c4ccccc4)cc(-c4ccccn4)c3)cc(-c3ccccc3)c2)=C1. The van der Waals surface area contributed by atoms with Crippen LogP contribution < -0.4 is 10.6 Å². The van der Waals surface area contributed by atoms with E-state index in [0.29, 0.717) is 0 Å². The van der Waals surface area contributed by atoms with E-state index in [1.54, 1.807) is 0 Å². The molecule has 0 amide bonds. The quantitative estimate of drug-likeness (QED) is 0.258. The Labute approximate surface area is 217 Å². The van der Waals surface area contributed by atoms with Crippen molar-refractivity contribution in [1.29, 1.82) is 0 Å². The molecule has 37 heavy (non-hydrogen) atoms. The Morgan fingerprint density at radius 3 is 1.76 bits per heavy atom. The number of pyridine rings is 1. The first-order valence-corrected chi connectivity index (χ1v) is 12.5. The summed E-state index contributed by atoms with van der Waals surface area (Å²) < 4.78 is 0. The van der Waals surface area contributed by atoms with Crippen molar-refractivity contribution >= 4 is 17.1 Å². The molecule has 1 aliphatic rings. The Morgan fingerprint density at radius 1 is 0.568 bits per heavy atom. The van der Waals surface area contributed by atoms with E-state index < -0.39 is 0 Å². The maximum atomic E-state index is 4.61. The van der Waals surface area contributed by atoms with Crippen LogP contribution in [-0.4, -0.2) is 11.5 Å². The molecule has 178 valence electrons. The fraction of sp³-hybridized carbons (Fsp3) is 0.0294. The monoisotopic (exact) mass is 477 g/mol. The molecule has 0 fully saturated rings. The van der Waals surface area contributed by atoms with Gasteiger partial charge < -0.3 is 10.6 Å². The first kappa shape index (κ1) is 22.6. The van der Waals surface area contributed by atoms with Gasteiger partial charge in [-0.15, -0.1) is 0 Å². The summed E-state index contributed by atoms with van der Waals surface area (Å²) in [6, 6.07) is 40.3. The lowest BCUT2D eigenvalue weighted by Gasteiger charge is -2.17. The van der Waals surface area contributed by atoms with Gasteiger partial charge in [0.1, 0.15) is 0 Å². The second kappa shape index (κ2) is 10.4. The number of anilines is 2. The lowest BCUT2D eigenvalue weighted by Crippen LogP contribution is -2.14. The summed E-state index contributed by atoms with van der Waals surface area (Å²) >= 11 is 0. The van der Waals surface area contributed by atoms with Gasteiger partial charge in [-0.05, 0) is 76.9 Å². The molecule has 0 aliphatic carbocycles. The highest BCUT2D eigenvalue weighted by Gasteiger charge is 2.11. The molecule has 0 spiro atoms. The summed E-state index contributed by atoms with van der Waals surface area (Å²) in [5.74, 6) is 0. The normalized spacial score (nSPS) is 12.5. The van der Waals surface area contributed by atoms with Gasteiger partial charge >= 0.3 is 0 Å². The van der Waals surface area contributed by atoms with E-state index in [1.807, 2.05) is 24.4 Å².